The Morgan fingerprint density at radius 3 is 1.12 bits per heavy atom. The Morgan fingerprint density at radius 1 is 0.615 bits per heavy atom. The van der Waals surface area contributed by atoms with Gasteiger partial charge in [-0.3, -0.25) is 19.2 Å². The molecule has 0 radical (unpaired) electrons. The average Bonchev–Trinajstić information content (AvgIpc) is 2.55. The topological polar surface area (TPSA) is 149 Å². The highest BCUT2D eigenvalue weighted by Gasteiger charge is 2.25. The van der Waals surface area contributed by atoms with E-state index in [1.54, 1.807) is 0 Å². The van der Waals surface area contributed by atoms with Gasteiger partial charge in [-0.2, -0.15) is 0 Å². The summed E-state index contributed by atoms with van der Waals surface area (Å²) < 4.78 is 0. The number of aryl methyl sites for hydroxylation is 2. The van der Waals surface area contributed by atoms with E-state index in [1.807, 2.05) is 24.3 Å². The highest BCUT2D eigenvalue weighted by molar-refractivity contribution is 5.93. The predicted molar refractivity (Wildman–Crippen MR) is 89.8 cm³/mol. The molecule has 0 aliphatic heterocycles. The molecule has 0 fully saturated rings. The Hall–Kier alpha value is -2.90. The Morgan fingerprint density at radius 2 is 0.885 bits per heavy atom. The summed E-state index contributed by atoms with van der Waals surface area (Å²) in [4.78, 5) is 43.2. The molecular weight excluding hydrogens is 344 g/mol. The second-order valence-electron chi connectivity index (χ2n) is 6.06. The molecule has 142 valence electrons. The standard InChI is InChI=1S/C18H22O8/c19-15(20)13(16(21)22)5-1-3-11-7-9-12(10-8-11)4-2-6-14(17(23)24)18(25)26/h7-10,13-14H,1-6H2,(H,19,20)(H,21,22)(H,23,24)(H,25,26). The molecule has 0 aliphatic carbocycles. The molecule has 1 rings (SSSR count). The summed E-state index contributed by atoms with van der Waals surface area (Å²) in [5, 5.41) is 35.3. The lowest BCUT2D eigenvalue weighted by Crippen LogP contribution is -2.23. The summed E-state index contributed by atoms with van der Waals surface area (Å²) in [5.41, 5.74) is 1.88. The molecule has 0 aromatic heterocycles. The molecule has 0 amide bonds. The molecule has 0 heterocycles. The summed E-state index contributed by atoms with van der Waals surface area (Å²) in [6, 6.07) is 7.38. The number of hydrogen-bond acceptors (Lipinski definition) is 4. The number of carbonyl (C=O) groups is 4. The molecule has 26 heavy (non-hydrogen) atoms. The van der Waals surface area contributed by atoms with Gasteiger partial charge in [0.15, 0.2) is 11.8 Å². The lowest BCUT2D eigenvalue weighted by atomic mass is 9.97. The molecule has 1 aromatic rings. The molecule has 0 bridgehead atoms. The monoisotopic (exact) mass is 366 g/mol. The van der Waals surface area contributed by atoms with Crippen LogP contribution < -0.4 is 0 Å². The van der Waals surface area contributed by atoms with Crippen molar-refractivity contribution in [2.24, 2.45) is 11.8 Å². The molecule has 8 nitrogen and oxygen atoms in total. The van der Waals surface area contributed by atoms with Gasteiger partial charge in [0.2, 0.25) is 0 Å². The van der Waals surface area contributed by atoms with Gasteiger partial charge >= 0.3 is 23.9 Å². The SMILES string of the molecule is O=C(O)C(CCCc1ccc(CCCC(C(=O)O)C(=O)O)cc1)C(=O)O. The van der Waals surface area contributed by atoms with Crippen LogP contribution in [0.2, 0.25) is 0 Å². The maximum absolute atomic E-state index is 10.8. The Bertz CT molecular complexity index is 565. The zero-order valence-electron chi connectivity index (χ0n) is 14.1. The third kappa shape index (κ3) is 6.92. The second kappa shape index (κ2) is 10.2. The maximum atomic E-state index is 10.8. The molecule has 1 aromatic carbocycles. The van der Waals surface area contributed by atoms with Crippen molar-refractivity contribution >= 4 is 23.9 Å². The summed E-state index contributed by atoms with van der Waals surface area (Å²) >= 11 is 0. The zero-order valence-corrected chi connectivity index (χ0v) is 14.1. The first-order valence-electron chi connectivity index (χ1n) is 8.21. The molecule has 8 heteroatoms. The normalized spacial score (nSPS) is 10.8. The minimum absolute atomic E-state index is 0.0538. The van der Waals surface area contributed by atoms with Gasteiger partial charge < -0.3 is 20.4 Å². The van der Waals surface area contributed by atoms with Crippen molar-refractivity contribution in [3.63, 3.8) is 0 Å². The van der Waals surface area contributed by atoms with Gasteiger partial charge in [-0.15, -0.1) is 0 Å². The average molecular weight is 366 g/mol. The van der Waals surface area contributed by atoms with Crippen molar-refractivity contribution in [2.45, 2.75) is 38.5 Å². The van der Waals surface area contributed by atoms with Crippen molar-refractivity contribution in [3.05, 3.63) is 35.4 Å². The second-order valence-corrected chi connectivity index (χ2v) is 6.06. The van der Waals surface area contributed by atoms with Crippen LogP contribution in [0.25, 0.3) is 0 Å². The summed E-state index contributed by atoms with van der Waals surface area (Å²) in [5.74, 6) is -8.15. The van der Waals surface area contributed by atoms with Gasteiger partial charge in [-0.05, 0) is 49.7 Å². The number of benzene rings is 1. The van der Waals surface area contributed by atoms with Crippen molar-refractivity contribution in [1.82, 2.24) is 0 Å². The van der Waals surface area contributed by atoms with Crippen molar-refractivity contribution in [3.8, 4) is 0 Å². The Balaban J connectivity index is 2.44. The van der Waals surface area contributed by atoms with E-state index < -0.39 is 35.7 Å². The maximum Gasteiger partial charge on any atom is 0.317 e. The van der Waals surface area contributed by atoms with E-state index in [0.717, 1.165) is 11.1 Å². The van der Waals surface area contributed by atoms with Gasteiger partial charge in [-0.25, -0.2) is 0 Å². The highest BCUT2D eigenvalue weighted by Crippen LogP contribution is 2.15. The lowest BCUT2D eigenvalue weighted by molar-refractivity contribution is -0.156. The van der Waals surface area contributed by atoms with Crippen LogP contribution in [0, 0.1) is 11.8 Å². The van der Waals surface area contributed by atoms with Crippen LogP contribution >= 0.6 is 0 Å². The minimum Gasteiger partial charge on any atom is -0.481 e. The number of carboxylic acid groups (broad SMARTS) is 4. The summed E-state index contributed by atoms with van der Waals surface area (Å²) in [6.45, 7) is 0. The summed E-state index contributed by atoms with van der Waals surface area (Å²) in [7, 11) is 0. The molecule has 0 atom stereocenters. The Kier molecular flexibility index (Phi) is 8.27. The third-order valence-electron chi connectivity index (χ3n) is 4.13. The third-order valence-corrected chi connectivity index (χ3v) is 4.13. The van der Waals surface area contributed by atoms with Crippen LogP contribution in [0.5, 0.6) is 0 Å². The van der Waals surface area contributed by atoms with Crippen molar-refractivity contribution < 1.29 is 39.6 Å². The fourth-order valence-electron chi connectivity index (χ4n) is 2.60. The van der Waals surface area contributed by atoms with Crippen LogP contribution in [0.1, 0.15) is 36.8 Å². The van der Waals surface area contributed by atoms with Gasteiger partial charge in [0.05, 0.1) is 0 Å². The van der Waals surface area contributed by atoms with E-state index in [2.05, 4.69) is 0 Å². The van der Waals surface area contributed by atoms with Crippen LogP contribution in [-0.2, 0) is 32.0 Å². The van der Waals surface area contributed by atoms with Crippen molar-refractivity contribution in [1.29, 1.82) is 0 Å². The fourth-order valence-corrected chi connectivity index (χ4v) is 2.60. The van der Waals surface area contributed by atoms with Crippen LogP contribution in [0.3, 0.4) is 0 Å². The first-order chi connectivity index (χ1) is 12.2. The van der Waals surface area contributed by atoms with Gasteiger partial charge in [0, 0.05) is 0 Å². The van der Waals surface area contributed by atoms with Gasteiger partial charge in [0.1, 0.15) is 0 Å². The molecular formula is C18H22O8. The van der Waals surface area contributed by atoms with Crippen LogP contribution in [0.4, 0.5) is 0 Å². The largest absolute Gasteiger partial charge is 0.481 e. The molecule has 0 saturated heterocycles. The van der Waals surface area contributed by atoms with Gasteiger partial charge in [0.25, 0.3) is 0 Å². The van der Waals surface area contributed by atoms with Crippen molar-refractivity contribution in [2.75, 3.05) is 0 Å². The minimum atomic E-state index is -1.40. The quantitative estimate of drug-likeness (QED) is 0.410. The molecule has 0 spiro atoms. The lowest BCUT2D eigenvalue weighted by Gasteiger charge is -2.09. The number of rotatable bonds is 12. The van der Waals surface area contributed by atoms with E-state index in [9.17, 15) is 19.2 Å². The Labute approximate surface area is 150 Å². The van der Waals surface area contributed by atoms with E-state index in [-0.39, 0.29) is 12.8 Å². The van der Waals surface area contributed by atoms with E-state index in [1.165, 1.54) is 0 Å². The molecule has 0 unspecified atom stereocenters. The molecule has 0 aliphatic rings. The molecule has 0 saturated carbocycles. The van der Waals surface area contributed by atoms with Crippen LogP contribution in [-0.4, -0.2) is 44.3 Å². The highest BCUT2D eigenvalue weighted by atomic mass is 16.4. The van der Waals surface area contributed by atoms with Gasteiger partial charge in [-0.1, -0.05) is 24.3 Å². The van der Waals surface area contributed by atoms with Crippen LogP contribution in [0.15, 0.2) is 24.3 Å². The molecule has 4 N–H and O–H groups in total. The first kappa shape index (κ1) is 21.1. The predicted octanol–water partition coefficient (Wildman–Crippen LogP) is 1.90. The van der Waals surface area contributed by atoms with E-state index in [4.69, 9.17) is 20.4 Å². The summed E-state index contributed by atoms with van der Waals surface area (Å²) in [6.07, 6.45) is 2.08. The zero-order chi connectivity index (χ0) is 19.7. The van der Waals surface area contributed by atoms with E-state index >= 15 is 0 Å². The fraction of sp³-hybridized carbons (Fsp3) is 0.444. The smallest absolute Gasteiger partial charge is 0.317 e. The first-order valence-corrected chi connectivity index (χ1v) is 8.21. The number of carboxylic acids is 4. The number of aliphatic carboxylic acids is 4. The van der Waals surface area contributed by atoms with E-state index in [0.29, 0.717) is 25.7 Å². The number of hydrogen-bond donors (Lipinski definition) is 4.